The monoisotopic (exact) mass is 477 g/mol. The van der Waals surface area contributed by atoms with Crippen LogP contribution in [-0.4, -0.2) is 22.6 Å². The standard InChI is InChI=1S/C23H22F3N3O3S/c1-22(2,3)32-21(31)29-17-9-7-16(8-10-17)27-19(30)12-18-13-33-20(28-18)14-5-4-6-15(11-14)23(24,25)26/h4-11,13H,12H2,1-3H3,(H,27,30)(H,29,31). The van der Waals surface area contributed by atoms with Gasteiger partial charge in [-0.2, -0.15) is 13.2 Å². The maximum absolute atomic E-state index is 12.9. The highest BCUT2D eigenvalue weighted by Gasteiger charge is 2.30. The van der Waals surface area contributed by atoms with Gasteiger partial charge in [0.15, 0.2) is 0 Å². The third kappa shape index (κ3) is 7.31. The zero-order valence-electron chi connectivity index (χ0n) is 18.1. The molecule has 0 spiro atoms. The summed E-state index contributed by atoms with van der Waals surface area (Å²) >= 11 is 1.17. The second-order valence-corrected chi connectivity index (χ2v) is 9.01. The fraction of sp³-hybridized carbons (Fsp3) is 0.261. The Morgan fingerprint density at radius 3 is 2.24 bits per heavy atom. The first-order valence-corrected chi connectivity index (χ1v) is 10.8. The van der Waals surface area contributed by atoms with Crippen LogP contribution in [0.5, 0.6) is 0 Å². The number of hydrogen-bond acceptors (Lipinski definition) is 5. The molecule has 2 amide bonds. The van der Waals surface area contributed by atoms with E-state index in [2.05, 4.69) is 15.6 Å². The van der Waals surface area contributed by atoms with Crippen molar-refractivity contribution < 1.29 is 27.5 Å². The number of benzene rings is 2. The van der Waals surface area contributed by atoms with E-state index < -0.39 is 23.4 Å². The Labute approximate surface area is 192 Å². The topological polar surface area (TPSA) is 80.3 Å². The van der Waals surface area contributed by atoms with Crippen LogP contribution in [0.25, 0.3) is 10.6 Å². The van der Waals surface area contributed by atoms with Crippen molar-refractivity contribution in [2.45, 2.75) is 39.0 Å². The number of amides is 2. The quantitative estimate of drug-likeness (QED) is 0.448. The number of aromatic nitrogens is 1. The Kier molecular flexibility index (Phi) is 7.06. The summed E-state index contributed by atoms with van der Waals surface area (Å²) in [5, 5.41) is 7.36. The van der Waals surface area contributed by atoms with E-state index in [-0.39, 0.29) is 12.3 Å². The number of halogens is 3. The highest BCUT2D eigenvalue weighted by molar-refractivity contribution is 7.13. The zero-order chi connectivity index (χ0) is 24.2. The van der Waals surface area contributed by atoms with E-state index in [0.29, 0.717) is 27.6 Å². The molecule has 0 bridgehead atoms. The Morgan fingerprint density at radius 1 is 1.00 bits per heavy atom. The van der Waals surface area contributed by atoms with Crippen molar-refractivity contribution in [3.8, 4) is 10.6 Å². The molecule has 0 aliphatic rings. The van der Waals surface area contributed by atoms with Gasteiger partial charge in [-0.05, 0) is 57.2 Å². The van der Waals surface area contributed by atoms with Crippen LogP contribution in [0.4, 0.5) is 29.3 Å². The molecule has 1 heterocycles. The van der Waals surface area contributed by atoms with Crippen LogP contribution in [-0.2, 0) is 22.1 Å². The lowest BCUT2D eigenvalue weighted by atomic mass is 10.1. The second kappa shape index (κ2) is 9.62. The van der Waals surface area contributed by atoms with Crippen molar-refractivity contribution in [2.75, 3.05) is 10.6 Å². The van der Waals surface area contributed by atoms with Crippen LogP contribution in [0, 0.1) is 0 Å². The summed E-state index contributed by atoms with van der Waals surface area (Å²) in [5.74, 6) is -0.330. The summed E-state index contributed by atoms with van der Waals surface area (Å²) in [6.07, 6.45) is -5.05. The molecule has 2 N–H and O–H groups in total. The minimum absolute atomic E-state index is 0.0344. The largest absolute Gasteiger partial charge is 0.444 e. The molecular formula is C23H22F3N3O3S. The molecule has 0 saturated heterocycles. The molecule has 0 fully saturated rings. The summed E-state index contributed by atoms with van der Waals surface area (Å²) in [5.41, 5.74) is 0.451. The van der Waals surface area contributed by atoms with E-state index in [0.717, 1.165) is 12.1 Å². The first-order chi connectivity index (χ1) is 15.4. The molecule has 0 unspecified atom stereocenters. The maximum Gasteiger partial charge on any atom is 0.416 e. The Bertz CT molecular complexity index is 1140. The van der Waals surface area contributed by atoms with Gasteiger partial charge in [0.25, 0.3) is 0 Å². The molecule has 10 heteroatoms. The van der Waals surface area contributed by atoms with Crippen LogP contribution >= 0.6 is 11.3 Å². The van der Waals surface area contributed by atoms with Gasteiger partial charge in [0.05, 0.1) is 17.7 Å². The average molecular weight is 478 g/mol. The van der Waals surface area contributed by atoms with Gasteiger partial charge in [0.1, 0.15) is 10.6 Å². The summed E-state index contributed by atoms with van der Waals surface area (Å²) in [6.45, 7) is 5.28. The molecule has 6 nitrogen and oxygen atoms in total. The first-order valence-electron chi connectivity index (χ1n) is 9.91. The molecule has 0 aliphatic heterocycles. The number of ether oxygens (including phenoxy) is 1. The number of anilines is 2. The number of nitrogens with one attached hydrogen (secondary N) is 2. The van der Waals surface area contributed by atoms with Crippen molar-refractivity contribution in [3.63, 3.8) is 0 Å². The van der Waals surface area contributed by atoms with Gasteiger partial charge in [-0.15, -0.1) is 11.3 Å². The van der Waals surface area contributed by atoms with Gasteiger partial charge in [-0.3, -0.25) is 10.1 Å². The third-order valence-electron chi connectivity index (χ3n) is 4.14. The van der Waals surface area contributed by atoms with E-state index in [1.807, 2.05) is 0 Å². The normalized spacial score (nSPS) is 11.7. The summed E-state index contributed by atoms with van der Waals surface area (Å²) in [4.78, 5) is 28.4. The molecule has 0 aliphatic carbocycles. The molecule has 3 aromatic rings. The number of carbonyl (C=O) groups excluding carboxylic acids is 2. The van der Waals surface area contributed by atoms with E-state index in [1.54, 1.807) is 56.5 Å². The summed E-state index contributed by atoms with van der Waals surface area (Å²) in [7, 11) is 0. The number of alkyl halides is 3. The fourth-order valence-corrected chi connectivity index (χ4v) is 3.59. The Morgan fingerprint density at radius 2 is 1.64 bits per heavy atom. The van der Waals surface area contributed by atoms with Gasteiger partial charge >= 0.3 is 12.3 Å². The lowest BCUT2D eigenvalue weighted by Crippen LogP contribution is -2.27. The van der Waals surface area contributed by atoms with Gasteiger partial charge in [-0.25, -0.2) is 9.78 Å². The molecule has 0 saturated carbocycles. The smallest absolute Gasteiger partial charge is 0.416 e. The van der Waals surface area contributed by atoms with E-state index in [1.165, 1.54) is 17.4 Å². The van der Waals surface area contributed by atoms with Crippen molar-refractivity contribution in [1.82, 2.24) is 4.98 Å². The zero-order valence-corrected chi connectivity index (χ0v) is 18.9. The summed E-state index contributed by atoms with van der Waals surface area (Å²) < 4.78 is 43.9. The number of nitrogens with zero attached hydrogens (tertiary/aromatic N) is 1. The Hall–Kier alpha value is -3.40. The predicted molar refractivity (Wildman–Crippen MR) is 121 cm³/mol. The minimum atomic E-state index is -4.44. The predicted octanol–water partition coefficient (Wildman–Crippen LogP) is 6.36. The molecular weight excluding hydrogens is 455 g/mol. The molecule has 3 rings (SSSR count). The first kappa shape index (κ1) is 24.2. The second-order valence-electron chi connectivity index (χ2n) is 8.15. The van der Waals surface area contributed by atoms with Crippen molar-refractivity contribution >= 4 is 34.7 Å². The highest BCUT2D eigenvalue weighted by atomic mass is 32.1. The van der Waals surface area contributed by atoms with Crippen LogP contribution in [0.2, 0.25) is 0 Å². The summed E-state index contributed by atoms with van der Waals surface area (Å²) in [6, 6.07) is 11.4. The van der Waals surface area contributed by atoms with Crippen LogP contribution in [0.1, 0.15) is 32.0 Å². The average Bonchev–Trinajstić information content (AvgIpc) is 3.16. The number of carbonyl (C=O) groups is 2. The molecule has 0 radical (unpaired) electrons. The Balaban J connectivity index is 1.58. The molecule has 1 aromatic heterocycles. The number of thiazole rings is 1. The van der Waals surface area contributed by atoms with Crippen LogP contribution in [0.3, 0.4) is 0 Å². The van der Waals surface area contributed by atoms with Crippen LogP contribution < -0.4 is 10.6 Å². The van der Waals surface area contributed by atoms with Gasteiger partial charge in [0.2, 0.25) is 5.91 Å². The SMILES string of the molecule is CC(C)(C)OC(=O)Nc1ccc(NC(=O)Cc2csc(-c3cccc(C(F)(F)F)c3)n2)cc1. The molecule has 2 aromatic carbocycles. The van der Waals surface area contributed by atoms with Gasteiger partial charge in [-0.1, -0.05) is 12.1 Å². The van der Waals surface area contributed by atoms with Crippen molar-refractivity contribution in [2.24, 2.45) is 0 Å². The molecule has 33 heavy (non-hydrogen) atoms. The van der Waals surface area contributed by atoms with Gasteiger partial charge < -0.3 is 10.1 Å². The van der Waals surface area contributed by atoms with Crippen molar-refractivity contribution in [3.05, 3.63) is 65.2 Å². The number of rotatable bonds is 5. The maximum atomic E-state index is 12.9. The molecule has 174 valence electrons. The minimum Gasteiger partial charge on any atom is -0.444 e. The van der Waals surface area contributed by atoms with E-state index in [4.69, 9.17) is 4.74 Å². The van der Waals surface area contributed by atoms with E-state index >= 15 is 0 Å². The highest BCUT2D eigenvalue weighted by Crippen LogP contribution is 2.33. The molecule has 0 atom stereocenters. The van der Waals surface area contributed by atoms with Crippen LogP contribution in [0.15, 0.2) is 53.9 Å². The van der Waals surface area contributed by atoms with Gasteiger partial charge in [0, 0.05) is 22.3 Å². The number of hydrogen-bond donors (Lipinski definition) is 2. The fourth-order valence-electron chi connectivity index (χ4n) is 2.78. The lowest BCUT2D eigenvalue weighted by molar-refractivity contribution is -0.137. The van der Waals surface area contributed by atoms with E-state index in [9.17, 15) is 22.8 Å². The third-order valence-corrected chi connectivity index (χ3v) is 5.08. The lowest BCUT2D eigenvalue weighted by Gasteiger charge is -2.19. The van der Waals surface area contributed by atoms with Crippen molar-refractivity contribution in [1.29, 1.82) is 0 Å².